The highest BCUT2D eigenvalue weighted by atomic mass is 32.2. The molecule has 3 aromatic carbocycles. The number of hydrogen-bond donors (Lipinski definition) is 4. The van der Waals surface area contributed by atoms with E-state index >= 15 is 0 Å². The zero-order valence-electron chi connectivity index (χ0n) is 18.6. The summed E-state index contributed by atoms with van der Waals surface area (Å²) < 4.78 is 5.37. The molecule has 0 heterocycles. The molecule has 0 atom stereocenters. The van der Waals surface area contributed by atoms with Crippen LogP contribution in [0.5, 0.6) is 5.75 Å². The summed E-state index contributed by atoms with van der Waals surface area (Å²) in [6.07, 6.45) is 0. The van der Waals surface area contributed by atoms with Crippen LogP contribution in [0.1, 0.15) is 38.0 Å². The van der Waals surface area contributed by atoms with Gasteiger partial charge in [-0.1, -0.05) is 6.07 Å². The molecule has 180 valence electrons. The van der Waals surface area contributed by atoms with Gasteiger partial charge in [-0.05, 0) is 67.6 Å². The van der Waals surface area contributed by atoms with Crippen molar-refractivity contribution in [1.29, 1.82) is 0 Å². The number of carboxylic acids is 2. The third-order valence-corrected chi connectivity index (χ3v) is 5.65. The molecule has 4 N–H and O–H groups in total. The Labute approximate surface area is 205 Å². The van der Waals surface area contributed by atoms with Crippen LogP contribution in [0.2, 0.25) is 0 Å². The van der Waals surface area contributed by atoms with Crippen molar-refractivity contribution in [3.05, 3.63) is 83.4 Å². The van der Waals surface area contributed by atoms with E-state index in [0.29, 0.717) is 28.6 Å². The lowest BCUT2D eigenvalue weighted by Crippen LogP contribution is -2.17. The SMILES string of the molecule is CCOc1ccc(NC(=O)CSc2cccc(NC(=O)c3ccc(C(=O)O)cc3C(=O)O)c2)cc1. The number of thioether (sulfide) groups is 1. The Bertz CT molecular complexity index is 1260. The van der Waals surface area contributed by atoms with Crippen LogP contribution in [-0.2, 0) is 4.79 Å². The third kappa shape index (κ3) is 7.08. The summed E-state index contributed by atoms with van der Waals surface area (Å²) >= 11 is 1.26. The minimum Gasteiger partial charge on any atom is -0.494 e. The Morgan fingerprint density at radius 2 is 1.57 bits per heavy atom. The standard InChI is InChI=1S/C25H22N2O7S/c1-2-34-18-9-7-16(8-10-18)26-22(28)14-35-19-5-3-4-17(13-19)27-23(29)20-11-6-15(24(30)31)12-21(20)25(32)33/h3-13H,2,14H2,1H3,(H,26,28)(H,27,29)(H,30,31)(H,32,33). The molecular formula is C25H22N2O7S. The van der Waals surface area contributed by atoms with E-state index in [9.17, 15) is 24.3 Å². The zero-order chi connectivity index (χ0) is 25.4. The van der Waals surface area contributed by atoms with Gasteiger partial charge < -0.3 is 25.6 Å². The summed E-state index contributed by atoms with van der Waals surface area (Å²) in [5.41, 5.74) is 0.212. The first-order valence-corrected chi connectivity index (χ1v) is 11.4. The number of carboxylic acid groups (broad SMARTS) is 2. The molecule has 0 unspecified atom stereocenters. The Balaban J connectivity index is 1.62. The second-order valence-corrected chi connectivity index (χ2v) is 8.20. The van der Waals surface area contributed by atoms with E-state index in [1.807, 2.05) is 6.92 Å². The highest BCUT2D eigenvalue weighted by Crippen LogP contribution is 2.23. The third-order valence-electron chi connectivity index (χ3n) is 4.65. The Kier molecular flexibility index (Phi) is 8.47. The first kappa shape index (κ1) is 25.3. The number of carbonyl (C=O) groups excluding carboxylic acids is 2. The van der Waals surface area contributed by atoms with Gasteiger partial charge in [0, 0.05) is 16.3 Å². The number of carbonyl (C=O) groups is 4. The first-order chi connectivity index (χ1) is 16.8. The van der Waals surface area contributed by atoms with Crippen LogP contribution in [0.15, 0.2) is 71.6 Å². The van der Waals surface area contributed by atoms with Gasteiger partial charge in [-0.3, -0.25) is 9.59 Å². The lowest BCUT2D eigenvalue weighted by atomic mass is 10.0. The van der Waals surface area contributed by atoms with Crippen LogP contribution in [-0.4, -0.2) is 46.3 Å². The number of amides is 2. The van der Waals surface area contributed by atoms with Crippen LogP contribution in [0.3, 0.4) is 0 Å². The van der Waals surface area contributed by atoms with Gasteiger partial charge in [0.1, 0.15) is 5.75 Å². The van der Waals surface area contributed by atoms with Gasteiger partial charge in [-0.15, -0.1) is 11.8 Å². The van der Waals surface area contributed by atoms with Gasteiger partial charge in [-0.2, -0.15) is 0 Å². The second kappa shape index (κ2) is 11.7. The van der Waals surface area contributed by atoms with Gasteiger partial charge in [0.15, 0.2) is 0 Å². The highest BCUT2D eigenvalue weighted by molar-refractivity contribution is 8.00. The van der Waals surface area contributed by atoms with E-state index in [2.05, 4.69) is 10.6 Å². The van der Waals surface area contributed by atoms with E-state index in [0.717, 1.165) is 12.1 Å². The highest BCUT2D eigenvalue weighted by Gasteiger charge is 2.19. The molecule has 10 heteroatoms. The summed E-state index contributed by atoms with van der Waals surface area (Å²) in [5.74, 6) is -2.78. The normalized spacial score (nSPS) is 10.3. The number of rotatable bonds is 10. The van der Waals surface area contributed by atoms with Crippen molar-refractivity contribution >= 4 is 46.9 Å². The predicted molar refractivity (Wildman–Crippen MR) is 132 cm³/mol. The summed E-state index contributed by atoms with van der Waals surface area (Å²) in [4.78, 5) is 48.3. The molecule has 0 aliphatic carbocycles. The minimum absolute atomic E-state index is 0.129. The van der Waals surface area contributed by atoms with E-state index in [4.69, 9.17) is 9.84 Å². The largest absolute Gasteiger partial charge is 0.494 e. The number of benzene rings is 3. The number of nitrogens with one attached hydrogen (secondary N) is 2. The number of anilines is 2. The van der Waals surface area contributed by atoms with Crippen LogP contribution in [0, 0.1) is 0 Å². The van der Waals surface area contributed by atoms with Crippen molar-refractivity contribution < 1.29 is 34.1 Å². The van der Waals surface area contributed by atoms with Crippen LogP contribution >= 0.6 is 11.8 Å². The average molecular weight is 495 g/mol. The van der Waals surface area contributed by atoms with Crippen molar-refractivity contribution in [3.63, 3.8) is 0 Å². The van der Waals surface area contributed by atoms with Gasteiger partial charge in [-0.25, -0.2) is 9.59 Å². The number of ether oxygens (including phenoxy) is 1. The molecule has 3 aromatic rings. The molecule has 3 rings (SSSR count). The van der Waals surface area contributed by atoms with Crippen molar-refractivity contribution in [2.24, 2.45) is 0 Å². The Hall–Kier alpha value is -4.31. The molecule has 0 spiro atoms. The fourth-order valence-electron chi connectivity index (χ4n) is 3.06. The molecule has 0 aliphatic rings. The smallest absolute Gasteiger partial charge is 0.336 e. The molecule has 0 bridgehead atoms. The molecular weight excluding hydrogens is 472 g/mol. The van der Waals surface area contributed by atoms with Crippen molar-refractivity contribution in [2.75, 3.05) is 23.0 Å². The van der Waals surface area contributed by atoms with Crippen molar-refractivity contribution in [2.45, 2.75) is 11.8 Å². The lowest BCUT2D eigenvalue weighted by molar-refractivity contribution is -0.113. The Morgan fingerprint density at radius 1 is 0.829 bits per heavy atom. The van der Waals surface area contributed by atoms with E-state index < -0.39 is 23.4 Å². The first-order valence-electron chi connectivity index (χ1n) is 10.4. The van der Waals surface area contributed by atoms with E-state index in [1.165, 1.54) is 17.8 Å². The zero-order valence-corrected chi connectivity index (χ0v) is 19.4. The number of aromatic carboxylic acids is 2. The Morgan fingerprint density at radius 3 is 2.23 bits per heavy atom. The summed E-state index contributed by atoms with van der Waals surface area (Å²) in [5, 5.41) is 23.8. The molecule has 2 amide bonds. The lowest BCUT2D eigenvalue weighted by Gasteiger charge is -2.10. The van der Waals surface area contributed by atoms with Crippen LogP contribution < -0.4 is 15.4 Å². The van der Waals surface area contributed by atoms with Crippen LogP contribution in [0.4, 0.5) is 11.4 Å². The predicted octanol–water partition coefficient (Wildman–Crippen LogP) is 4.46. The molecule has 0 radical (unpaired) electrons. The maximum Gasteiger partial charge on any atom is 0.336 e. The maximum atomic E-state index is 12.7. The van der Waals surface area contributed by atoms with E-state index in [1.54, 1.807) is 48.5 Å². The van der Waals surface area contributed by atoms with E-state index in [-0.39, 0.29) is 22.8 Å². The topological polar surface area (TPSA) is 142 Å². The summed E-state index contributed by atoms with van der Waals surface area (Å²) in [6.45, 7) is 2.44. The van der Waals surface area contributed by atoms with Crippen molar-refractivity contribution in [3.8, 4) is 5.75 Å². The van der Waals surface area contributed by atoms with Gasteiger partial charge >= 0.3 is 11.9 Å². The summed E-state index contributed by atoms with van der Waals surface area (Å²) in [6, 6.07) is 17.0. The molecule has 9 nitrogen and oxygen atoms in total. The summed E-state index contributed by atoms with van der Waals surface area (Å²) in [7, 11) is 0. The fraction of sp³-hybridized carbons (Fsp3) is 0.120. The fourth-order valence-corrected chi connectivity index (χ4v) is 3.82. The molecule has 0 aromatic heterocycles. The molecule has 35 heavy (non-hydrogen) atoms. The monoisotopic (exact) mass is 494 g/mol. The van der Waals surface area contributed by atoms with Gasteiger partial charge in [0.25, 0.3) is 5.91 Å². The van der Waals surface area contributed by atoms with Crippen LogP contribution in [0.25, 0.3) is 0 Å². The number of hydrogen-bond acceptors (Lipinski definition) is 6. The molecule has 0 saturated carbocycles. The molecule has 0 saturated heterocycles. The molecule has 0 aliphatic heterocycles. The minimum atomic E-state index is -1.42. The second-order valence-electron chi connectivity index (χ2n) is 7.15. The molecule has 0 fully saturated rings. The average Bonchev–Trinajstić information content (AvgIpc) is 2.84. The quantitative estimate of drug-likeness (QED) is 0.303. The van der Waals surface area contributed by atoms with Gasteiger partial charge in [0.05, 0.1) is 29.1 Å². The van der Waals surface area contributed by atoms with Crippen molar-refractivity contribution in [1.82, 2.24) is 0 Å². The van der Waals surface area contributed by atoms with Gasteiger partial charge in [0.2, 0.25) is 5.91 Å². The maximum absolute atomic E-state index is 12.7.